The summed E-state index contributed by atoms with van der Waals surface area (Å²) in [6.45, 7) is 0.329. The van der Waals surface area contributed by atoms with Crippen molar-refractivity contribution in [1.82, 2.24) is 9.78 Å². The van der Waals surface area contributed by atoms with Crippen molar-refractivity contribution in [3.8, 4) is 28.5 Å². The Hall–Kier alpha value is -3.81. The van der Waals surface area contributed by atoms with Gasteiger partial charge in [-0.2, -0.15) is 5.10 Å². The van der Waals surface area contributed by atoms with Crippen molar-refractivity contribution >= 4 is 11.6 Å². The standard InChI is InChI=1S/C23H25N3O5/c1-29-18-7-4-6-16(14-18)19-10-12-23(28)26(25-19)13-5-8-22(27)24-17-9-11-20(30-2)21(15-17)31-3/h4,6-7,9-12,14-15H,5,8,13H2,1-3H3,(H,24,27). The summed E-state index contributed by atoms with van der Waals surface area (Å²) in [5.41, 5.74) is 1.90. The first-order valence-corrected chi connectivity index (χ1v) is 9.78. The molecule has 0 saturated carbocycles. The van der Waals surface area contributed by atoms with Crippen LogP contribution in [-0.4, -0.2) is 37.0 Å². The number of nitrogens with zero attached hydrogens (tertiary/aromatic N) is 2. The molecule has 0 unspecified atom stereocenters. The Bertz CT molecular complexity index is 1110. The summed E-state index contributed by atoms with van der Waals surface area (Å²) in [7, 11) is 4.68. The zero-order valence-electron chi connectivity index (χ0n) is 17.8. The quantitative estimate of drug-likeness (QED) is 0.568. The summed E-state index contributed by atoms with van der Waals surface area (Å²) in [5, 5.41) is 7.25. The monoisotopic (exact) mass is 423 g/mol. The first-order valence-electron chi connectivity index (χ1n) is 9.78. The van der Waals surface area contributed by atoms with E-state index in [9.17, 15) is 9.59 Å². The van der Waals surface area contributed by atoms with Gasteiger partial charge in [-0.25, -0.2) is 4.68 Å². The normalized spacial score (nSPS) is 10.4. The van der Waals surface area contributed by atoms with Gasteiger partial charge in [0.15, 0.2) is 11.5 Å². The van der Waals surface area contributed by atoms with E-state index in [1.807, 2.05) is 24.3 Å². The molecule has 8 nitrogen and oxygen atoms in total. The molecule has 0 aliphatic rings. The number of aromatic nitrogens is 2. The van der Waals surface area contributed by atoms with Gasteiger partial charge in [0.25, 0.3) is 5.56 Å². The van der Waals surface area contributed by atoms with Gasteiger partial charge in [-0.1, -0.05) is 12.1 Å². The maximum absolute atomic E-state index is 12.3. The van der Waals surface area contributed by atoms with Crippen LogP contribution in [0.15, 0.2) is 59.4 Å². The Balaban J connectivity index is 1.61. The van der Waals surface area contributed by atoms with E-state index in [1.54, 1.807) is 38.5 Å². The summed E-state index contributed by atoms with van der Waals surface area (Å²) < 4.78 is 17.0. The molecule has 1 aromatic heterocycles. The molecule has 0 saturated heterocycles. The summed E-state index contributed by atoms with van der Waals surface area (Å²) in [6.07, 6.45) is 0.708. The van der Waals surface area contributed by atoms with Crippen LogP contribution in [-0.2, 0) is 11.3 Å². The van der Waals surface area contributed by atoms with Crippen LogP contribution in [0.3, 0.4) is 0 Å². The number of hydrogen-bond donors (Lipinski definition) is 1. The van der Waals surface area contributed by atoms with Crippen molar-refractivity contribution in [3.05, 3.63) is 65.0 Å². The van der Waals surface area contributed by atoms with E-state index in [2.05, 4.69) is 10.4 Å². The molecule has 8 heteroatoms. The van der Waals surface area contributed by atoms with Crippen molar-refractivity contribution in [2.24, 2.45) is 0 Å². The number of benzene rings is 2. The van der Waals surface area contributed by atoms with Gasteiger partial charge in [-0.05, 0) is 36.8 Å². The number of aryl methyl sites for hydroxylation is 1. The minimum absolute atomic E-state index is 0.163. The van der Waals surface area contributed by atoms with Crippen molar-refractivity contribution in [2.45, 2.75) is 19.4 Å². The Morgan fingerprint density at radius 1 is 0.968 bits per heavy atom. The van der Waals surface area contributed by atoms with Gasteiger partial charge in [0, 0.05) is 36.3 Å². The highest BCUT2D eigenvalue weighted by atomic mass is 16.5. The maximum Gasteiger partial charge on any atom is 0.266 e. The van der Waals surface area contributed by atoms with Gasteiger partial charge < -0.3 is 19.5 Å². The SMILES string of the molecule is COc1cccc(-c2ccc(=O)n(CCCC(=O)Nc3ccc(OC)c(OC)c3)n2)c1. The van der Waals surface area contributed by atoms with E-state index in [1.165, 1.54) is 17.9 Å². The third-order valence-electron chi connectivity index (χ3n) is 4.67. The molecule has 0 spiro atoms. The van der Waals surface area contributed by atoms with Crippen LogP contribution >= 0.6 is 0 Å². The van der Waals surface area contributed by atoms with Crippen LogP contribution in [0, 0.1) is 0 Å². The molecule has 2 aromatic carbocycles. The van der Waals surface area contributed by atoms with Crippen LogP contribution < -0.4 is 25.1 Å². The second-order valence-electron chi connectivity index (χ2n) is 6.73. The molecule has 3 aromatic rings. The highest BCUT2D eigenvalue weighted by molar-refractivity contribution is 5.91. The van der Waals surface area contributed by atoms with E-state index in [-0.39, 0.29) is 17.9 Å². The minimum Gasteiger partial charge on any atom is -0.497 e. The molecular weight excluding hydrogens is 398 g/mol. The first kappa shape index (κ1) is 21.9. The molecule has 0 aliphatic heterocycles. The summed E-state index contributed by atoms with van der Waals surface area (Å²) in [5.74, 6) is 1.67. The Kier molecular flexibility index (Phi) is 7.26. The zero-order valence-corrected chi connectivity index (χ0v) is 17.8. The third kappa shape index (κ3) is 5.63. The number of rotatable bonds is 9. The number of amides is 1. The molecule has 0 radical (unpaired) electrons. The highest BCUT2D eigenvalue weighted by Gasteiger charge is 2.09. The van der Waals surface area contributed by atoms with E-state index in [4.69, 9.17) is 14.2 Å². The lowest BCUT2D eigenvalue weighted by atomic mass is 10.1. The summed E-state index contributed by atoms with van der Waals surface area (Å²) in [4.78, 5) is 24.5. The smallest absolute Gasteiger partial charge is 0.266 e. The number of carbonyl (C=O) groups is 1. The molecule has 0 bridgehead atoms. The Morgan fingerprint density at radius 3 is 2.52 bits per heavy atom. The maximum atomic E-state index is 12.3. The average molecular weight is 423 g/mol. The fraction of sp³-hybridized carbons (Fsp3) is 0.261. The zero-order chi connectivity index (χ0) is 22.2. The van der Waals surface area contributed by atoms with Gasteiger partial charge in [-0.15, -0.1) is 0 Å². The van der Waals surface area contributed by atoms with Gasteiger partial charge in [0.05, 0.1) is 27.0 Å². The third-order valence-corrected chi connectivity index (χ3v) is 4.67. The molecule has 3 rings (SSSR count). The fourth-order valence-electron chi connectivity index (χ4n) is 3.07. The fourth-order valence-corrected chi connectivity index (χ4v) is 3.07. The molecule has 0 atom stereocenters. The van der Waals surface area contributed by atoms with Gasteiger partial charge in [0.2, 0.25) is 5.91 Å². The predicted molar refractivity (Wildman–Crippen MR) is 118 cm³/mol. The molecule has 1 amide bonds. The second-order valence-corrected chi connectivity index (χ2v) is 6.73. The number of ether oxygens (including phenoxy) is 3. The van der Waals surface area contributed by atoms with Crippen LogP contribution in [0.5, 0.6) is 17.2 Å². The van der Waals surface area contributed by atoms with E-state index in [0.29, 0.717) is 41.6 Å². The van der Waals surface area contributed by atoms with Crippen LogP contribution in [0.4, 0.5) is 5.69 Å². The highest BCUT2D eigenvalue weighted by Crippen LogP contribution is 2.29. The van der Waals surface area contributed by atoms with Crippen molar-refractivity contribution in [3.63, 3.8) is 0 Å². The first-order chi connectivity index (χ1) is 15.0. The average Bonchev–Trinajstić information content (AvgIpc) is 2.80. The molecule has 1 N–H and O–H groups in total. The number of anilines is 1. The number of methoxy groups -OCH3 is 3. The van der Waals surface area contributed by atoms with Crippen LogP contribution in [0.2, 0.25) is 0 Å². The molecule has 0 fully saturated rings. The van der Waals surface area contributed by atoms with Crippen molar-refractivity contribution in [2.75, 3.05) is 26.6 Å². The number of hydrogen-bond acceptors (Lipinski definition) is 6. The lowest BCUT2D eigenvalue weighted by Crippen LogP contribution is -2.23. The summed E-state index contributed by atoms with van der Waals surface area (Å²) in [6, 6.07) is 15.8. The second kappa shape index (κ2) is 10.3. The van der Waals surface area contributed by atoms with Gasteiger partial charge >= 0.3 is 0 Å². The topological polar surface area (TPSA) is 91.7 Å². The lowest BCUT2D eigenvalue weighted by molar-refractivity contribution is -0.116. The Labute approximate surface area is 180 Å². The summed E-state index contributed by atoms with van der Waals surface area (Å²) >= 11 is 0. The van der Waals surface area contributed by atoms with Gasteiger partial charge in [0.1, 0.15) is 5.75 Å². The van der Waals surface area contributed by atoms with Crippen molar-refractivity contribution in [1.29, 1.82) is 0 Å². The molecule has 1 heterocycles. The predicted octanol–water partition coefficient (Wildman–Crippen LogP) is 3.36. The van der Waals surface area contributed by atoms with E-state index in [0.717, 1.165) is 5.56 Å². The van der Waals surface area contributed by atoms with Crippen molar-refractivity contribution < 1.29 is 19.0 Å². The minimum atomic E-state index is -0.216. The number of carbonyl (C=O) groups excluding carboxylic acids is 1. The lowest BCUT2D eigenvalue weighted by Gasteiger charge is -2.11. The molecule has 0 aliphatic carbocycles. The van der Waals surface area contributed by atoms with Gasteiger partial charge in [-0.3, -0.25) is 9.59 Å². The Morgan fingerprint density at radius 2 is 1.77 bits per heavy atom. The molecule has 162 valence electrons. The van der Waals surface area contributed by atoms with Crippen LogP contribution in [0.25, 0.3) is 11.3 Å². The molecular formula is C23H25N3O5. The largest absolute Gasteiger partial charge is 0.497 e. The molecule has 31 heavy (non-hydrogen) atoms. The number of nitrogens with one attached hydrogen (secondary N) is 1. The van der Waals surface area contributed by atoms with Crippen LogP contribution in [0.1, 0.15) is 12.8 Å². The van der Waals surface area contributed by atoms with E-state index < -0.39 is 0 Å². The van der Waals surface area contributed by atoms with E-state index >= 15 is 0 Å².